The molecule has 0 unspecified atom stereocenters. The number of hydrogen-bond acceptors (Lipinski definition) is 6. The number of nitrogens with zero attached hydrogens (tertiary/aromatic N) is 4. The van der Waals surface area contributed by atoms with Crippen LogP contribution < -0.4 is 15.0 Å². The van der Waals surface area contributed by atoms with Crippen molar-refractivity contribution in [2.24, 2.45) is 0 Å². The Hall–Kier alpha value is -3.14. The van der Waals surface area contributed by atoms with E-state index in [1.165, 1.54) is 17.8 Å². The quantitative estimate of drug-likeness (QED) is 0.620. The Morgan fingerprint density at radius 1 is 1.17 bits per heavy atom. The van der Waals surface area contributed by atoms with Crippen LogP contribution >= 0.6 is 11.8 Å². The van der Waals surface area contributed by atoms with Crippen LogP contribution in [0.4, 0.5) is 26.1 Å². The van der Waals surface area contributed by atoms with Crippen LogP contribution in [0.3, 0.4) is 0 Å². The molecular formula is C19H17F2N5O2S. The Labute approximate surface area is 169 Å². The molecule has 10 heteroatoms. The van der Waals surface area contributed by atoms with Crippen molar-refractivity contribution in [3.8, 4) is 5.75 Å². The van der Waals surface area contributed by atoms with E-state index >= 15 is 0 Å². The van der Waals surface area contributed by atoms with Crippen LogP contribution in [0.15, 0.2) is 47.6 Å². The van der Waals surface area contributed by atoms with Gasteiger partial charge in [-0.05, 0) is 36.4 Å². The highest BCUT2D eigenvalue weighted by molar-refractivity contribution is 7.99. The van der Waals surface area contributed by atoms with Crippen LogP contribution in [0.2, 0.25) is 0 Å². The average Bonchev–Trinajstić information content (AvgIpc) is 3.31. The van der Waals surface area contributed by atoms with Gasteiger partial charge in [0.2, 0.25) is 11.9 Å². The highest BCUT2D eigenvalue weighted by atomic mass is 32.2. The van der Waals surface area contributed by atoms with E-state index in [9.17, 15) is 13.6 Å². The maximum Gasteiger partial charge on any atom is 0.234 e. The lowest BCUT2D eigenvalue weighted by atomic mass is 10.3. The molecule has 0 atom stereocenters. The van der Waals surface area contributed by atoms with E-state index in [1.807, 2.05) is 33.7 Å². The molecule has 0 saturated heterocycles. The number of anilines is 3. The van der Waals surface area contributed by atoms with Gasteiger partial charge in [-0.15, -0.1) is 10.2 Å². The van der Waals surface area contributed by atoms with Crippen molar-refractivity contribution in [3.05, 3.63) is 54.1 Å². The molecule has 4 rings (SSSR count). The first-order valence-electron chi connectivity index (χ1n) is 8.77. The monoisotopic (exact) mass is 417 g/mol. The maximum atomic E-state index is 13.7. The van der Waals surface area contributed by atoms with Crippen molar-refractivity contribution in [1.29, 1.82) is 0 Å². The second-order valence-corrected chi connectivity index (χ2v) is 7.19. The van der Waals surface area contributed by atoms with Crippen molar-refractivity contribution in [1.82, 2.24) is 14.8 Å². The molecule has 0 bridgehead atoms. The first kappa shape index (κ1) is 19.2. The van der Waals surface area contributed by atoms with Crippen LogP contribution in [0, 0.1) is 11.6 Å². The number of fused-ring (bicyclic) bond motifs is 1. The minimum absolute atomic E-state index is 0.0253. The fourth-order valence-electron chi connectivity index (χ4n) is 3.00. The number of halogens is 2. The fourth-order valence-corrected chi connectivity index (χ4v) is 3.76. The molecule has 2 heterocycles. The summed E-state index contributed by atoms with van der Waals surface area (Å²) in [5.74, 6) is -0.436. The Bertz CT molecular complexity index is 1040. The number of benzene rings is 2. The Balaban J connectivity index is 1.40. The van der Waals surface area contributed by atoms with Gasteiger partial charge in [0, 0.05) is 24.8 Å². The molecule has 0 aliphatic carbocycles. The molecular weight excluding hydrogens is 400 g/mol. The van der Waals surface area contributed by atoms with Crippen LogP contribution in [-0.2, 0) is 11.3 Å². The summed E-state index contributed by atoms with van der Waals surface area (Å²) in [4.78, 5) is 14.2. The number of methoxy groups -OCH3 is 1. The zero-order valence-electron chi connectivity index (χ0n) is 15.4. The van der Waals surface area contributed by atoms with Gasteiger partial charge in [-0.3, -0.25) is 9.36 Å². The van der Waals surface area contributed by atoms with Crippen LogP contribution in [0.5, 0.6) is 5.75 Å². The SMILES string of the molecule is COc1ccc(N2CCn3c(SCC(=O)Nc4ccc(F)cc4F)nnc32)cc1. The van der Waals surface area contributed by atoms with E-state index in [2.05, 4.69) is 15.5 Å². The number of hydrogen-bond donors (Lipinski definition) is 1. The molecule has 1 aliphatic rings. The van der Waals surface area contributed by atoms with Crippen LogP contribution in [-0.4, -0.2) is 40.1 Å². The van der Waals surface area contributed by atoms with Crippen molar-refractivity contribution in [3.63, 3.8) is 0 Å². The summed E-state index contributed by atoms with van der Waals surface area (Å²) in [5, 5.41) is 11.4. The number of ether oxygens (including phenoxy) is 1. The average molecular weight is 417 g/mol. The number of amides is 1. The van der Waals surface area contributed by atoms with E-state index in [-0.39, 0.29) is 11.4 Å². The van der Waals surface area contributed by atoms with Crippen LogP contribution in [0.25, 0.3) is 0 Å². The van der Waals surface area contributed by atoms with Gasteiger partial charge < -0.3 is 15.0 Å². The third kappa shape index (κ3) is 4.02. The van der Waals surface area contributed by atoms with E-state index in [0.717, 1.165) is 30.1 Å². The number of aromatic nitrogens is 3. The summed E-state index contributed by atoms with van der Waals surface area (Å²) in [6.07, 6.45) is 0. The lowest BCUT2D eigenvalue weighted by Gasteiger charge is -2.15. The number of carbonyl (C=O) groups excluding carboxylic acids is 1. The summed E-state index contributed by atoms with van der Waals surface area (Å²) in [6, 6.07) is 10.6. The normalized spacial score (nSPS) is 12.7. The predicted molar refractivity (Wildman–Crippen MR) is 106 cm³/mol. The van der Waals surface area contributed by atoms with E-state index in [1.54, 1.807) is 7.11 Å². The van der Waals surface area contributed by atoms with E-state index in [0.29, 0.717) is 17.6 Å². The summed E-state index contributed by atoms with van der Waals surface area (Å²) in [6.45, 7) is 1.42. The van der Waals surface area contributed by atoms with Crippen molar-refractivity contribution >= 4 is 35.0 Å². The van der Waals surface area contributed by atoms with Crippen molar-refractivity contribution in [2.75, 3.05) is 29.6 Å². The molecule has 1 aromatic heterocycles. The van der Waals surface area contributed by atoms with Gasteiger partial charge in [0.1, 0.15) is 17.4 Å². The highest BCUT2D eigenvalue weighted by Crippen LogP contribution is 2.32. The van der Waals surface area contributed by atoms with Gasteiger partial charge in [0.15, 0.2) is 5.16 Å². The molecule has 0 saturated carbocycles. The van der Waals surface area contributed by atoms with E-state index in [4.69, 9.17) is 4.74 Å². The minimum Gasteiger partial charge on any atom is -0.497 e. The van der Waals surface area contributed by atoms with Gasteiger partial charge >= 0.3 is 0 Å². The lowest BCUT2D eigenvalue weighted by molar-refractivity contribution is -0.113. The third-order valence-electron chi connectivity index (χ3n) is 4.41. The second-order valence-electron chi connectivity index (χ2n) is 6.24. The predicted octanol–water partition coefficient (Wildman–Crippen LogP) is 3.45. The summed E-state index contributed by atoms with van der Waals surface area (Å²) >= 11 is 1.21. The first-order chi connectivity index (χ1) is 14.0. The van der Waals surface area contributed by atoms with Gasteiger partial charge in [-0.2, -0.15) is 0 Å². The number of rotatable bonds is 6. The number of carbonyl (C=O) groups is 1. The summed E-state index contributed by atoms with van der Waals surface area (Å²) in [5.41, 5.74) is 0.909. The first-order valence-corrected chi connectivity index (χ1v) is 9.76. The summed E-state index contributed by atoms with van der Waals surface area (Å²) < 4.78 is 33.7. The Morgan fingerprint density at radius 2 is 1.97 bits per heavy atom. The summed E-state index contributed by atoms with van der Waals surface area (Å²) in [7, 11) is 1.62. The molecule has 2 aromatic carbocycles. The molecule has 7 nitrogen and oxygen atoms in total. The third-order valence-corrected chi connectivity index (χ3v) is 5.37. The molecule has 1 amide bonds. The smallest absolute Gasteiger partial charge is 0.234 e. The van der Waals surface area contributed by atoms with Gasteiger partial charge in [-0.25, -0.2) is 8.78 Å². The minimum atomic E-state index is -0.818. The Kier molecular flexibility index (Phi) is 5.34. The fraction of sp³-hybridized carbons (Fsp3) is 0.211. The van der Waals surface area contributed by atoms with Crippen LogP contribution in [0.1, 0.15) is 0 Å². The van der Waals surface area contributed by atoms with E-state index < -0.39 is 17.5 Å². The molecule has 0 spiro atoms. The van der Waals surface area contributed by atoms with Gasteiger partial charge in [-0.1, -0.05) is 11.8 Å². The van der Waals surface area contributed by atoms with Crippen molar-refractivity contribution < 1.29 is 18.3 Å². The molecule has 0 radical (unpaired) electrons. The van der Waals surface area contributed by atoms with Crippen molar-refractivity contribution in [2.45, 2.75) is 11.7 Å². The standard InChI is InChI=1S/C19H17F2N5O2S/c1-28-14-5-3-13(4-6-14)25-8-9-26-18(25)23-24-19(26)29-11-17(27)22-16-7-2-12(20)10-15(16)21/h2-7,10H,8-9,11H2,1H3,(H,22,27). The van der Waals surface area contributed by atoms with Gasteiger partial charge in [0.05, 0.1) is 18.6 Å². The zero-order valence-corrected chi connectivity index (χ0v) is 16.2. The molecule has 1 N–H and O–H groups in total. The maximum absolute atomic E-state index is 13.7. The molecule has 150 valence electrons. The molecule has 29 heavy (non-hydrogen) atoms. The molecule has 3 aromatic rings. The molecule has 0 fully saturated rings. The number of nitrogens with one attached hydrogen (secondary N) is 1. The molecule has 1 aliphatic heterocycles. The topological polar surface area (TPSA) is 72.3 Å². The zero-order chi connectivity index (χ0) is 20.4. The largest absolute Gasteiger partial charge is 0.497 e. The highest BCUT2D eigenvalue weighted by Gasteiger charge is 2.26. The van der Waals surface area contributed by atoms with Gasteiger partial charge in [0.25, 0.3) is 0 Å². The second kappa shape index (κ2) is 8.08. The Morgan fingerprint density at radius 3 is 2.69 bits per heavy atom. The number of thioether (sulfide) groups is 1. The lowest BCUT2D eigenvalue weighted by Crippen LogP contribution is -2.15.